The predicted octanol–water partition coefficient (Wildman–Crippen LogP) is 4.94. The number of hydrogen-bond donors (Lipinski definition) is 2. The lowest BCUT2D eigenvalue weighted by atomic mass is 10.1. The number of nitrogens with zero attached hydrogens (tertiary/aromatic N) is 2. The van der Waals surface area contributed by atoms with Gasteiger partial charge >= 0.3 is 0 Å². The van der Waals surface area contributed by atoms with Gasteiger partial charge < -0.3 is 11.1 Å². The van der Waals surface area contributed by atoms with Gasteiger partial charge in [-0.15, -0.1) is 0 Å². The number of rotatable bonds is 6. The number of carbonyl (C=O) groups is 2. The molecule has 0 saturated heterocycles. The molecule has 3 N–H and O–H groups in total. The first-order valence-corrected chi connectivity index (χ1v) is 10.2. The lowest BCUT2D eigenvalue weighted by molar-refractivity contribution is -0.111. The average molecular weight is 443 g/mol. The van der Waals surface area contributed by atoms with E-state index in [4.69, 9.17) is 22.4 Å². The van der Waals surface area contributed by atoms with Gasteiger partial charge in [0, 0.05) is 29.0 Å². The van der Waals surface area contributed by atoms with Gasteiger partial charge in [-0.05, 0) is 36.4 Å². The van der Waals surface area contributed by atoms with Crippen LogP contribution in [0.4, 0.5) is 5.69 Å². The first-order chi connectivity index (χ1) is 15.5. The van der Waals surface area contributed by atoms with Crippen LogP contribution in [0.15, 0.2) is 91.1 Å². The molecule has 0 fully saturated rings. The number of primary amides is 1. The number of benzene rings is 3. The molecule has 1 aromatic heterocycles. The van der Waals surface area contributed by atoms with Gasteiger partial charge in [-0.2, -0.15) is 5.10 Å². The Bertz CT molecular complexity index is 1300. The summed E-state index contributed by atoms with van der Waals surface area (Å²) in [6.07, 6.45) is 4.95. The summed E-state index contributed by atoms with van der Waals surface area (Å²) in [5.74, 6) is -1.01. The molecule has 0 spiro atoms. The zero-order valence-electron chi connectivity index (χ0n) is 16.9. The predicted molar refractivity (Wildman–Crippen MR) is 127 cm³/mol. The molecule has 0 atom stereocenters. The summed E-state index contributed by atoms with van der Waals surface area (Å²) in [5.41, 5.74) is 9.21. The van der Waals surface area contributed by atoms with Crippen molar-refractivity contribution in [2.45, 2.75) is 0 Å². The Kier molecular flexibility index (Phi) is 6.14. The number of nitrogens with one attached hydrogen (secondary N) is 1. The highest BCUT2D eigenvalue weighted by Gasteiger charge is 2.12. The second-order valence-corrected chi connectivity index (χ2v) is 7.37. The van der Waals surface area contributed by atoms with Crippen molar-refractivity contribution in [3.8, 4) is 16.9 Å². The van der Waals surface area contributed by atoms with Crippen molar-refractivity contribution in [1.29, 1.82) is 0 Å². The van der Waals surface area contributed by atoms with Gasteiger partial charge in [0.1, 0.15) is 0 Å². The van der Waals surface area contributed by atoms with Gasteiger partial charge in [0.15, 0.2) is 0 Å². The van der Waals surface area contributed by atoms with Crippen LogP contribution >= 0.6 is 11.6 Å². The van der Waals surface area contributed by atoms with Crippen molar-refractivity contribution in [3.63, 3.8) is 0 Å². The van der Waals surface area contributed by atoms with Gasteiger partial charge in [0.05, 0.1) is 22.1 Å². The van der Waals surface area contributed by atoms with Crippen LogP contribution in [0.5, 0.6) is 0 Å². The molecule has 32 heavy (non-hydrogen) atoms. The van der Waals surface area contributed by atoms with E-state index in [-0.39, 0.29) is 5.56 Å². The van der Waals surface area contributed by atoms with Crippen LogP contribution in [-0.4, -0.2) is 21.6 Å². The van der Waals surface area contributed by atoms with Gasteiger partial charge in [-0.3, -0.25) is 9.59 Å². The molecule has 4 aromatic rings. The Morgan fingerprint density at radius 3 is 2.34 bits per heavy atom. The fourth-order valence-corrected chi connectivity index (χ4v) is 3.32. The van der Waals surface area contributed by atoms with E-state index < -0.39 is 11.8 Å². The summed E-state index contributed by atoms with van der Waals surface area (Å²) in [4.78, 5) is 23.9. The van der Waals surface area contributed by atoms with Crippen LogP contribution < -0.4 is 11.1 Å². The van der Waals surface area contributed by atoms with Crippen molar-refractivity contribution >= 4 is 35.2 Å². The van der Waals surface area contributed by atoms with Crippen molar-refractivity contribution in [2.75, 3.05) is 5.32 Å². The zero-order chi connectivity index (χ0) is 22.5. The fourth-order valence-electron chi connectivity index (χ4n) is 3.16. The van der Waals surface area contributed by atoms with E-state index in [1.807, 2.05) is 66.9 Å². The third-order valence-electron chi connectivity index (χ3n) is 4.73. The number of anilines is 1. The number of para-hydroxylation sites is 1. The Hall–Kier alpha value is -4.16. The van der Waals surface area contributed by atoms with Crippen molar-refractivity contribution in [2.24, 2.45) is 5.73 Å². The van der Waals surface area contributed by atoms with E-state index in [2.05, 4.69) is 5.32 Å². The van der Waals surface area contributed by atoms with Crippen LogP contribution in [0.2, 0.25) is 5.02 Å². The lowest BCUT2D eigenvalue weighted by Gasteiger charge is -2.06. The number of amides is 2. The third-order valence-corrected chi connectivity index (χ3v) is 5.06. The molecular formula is C25H19ClN4O2. The summed E-state index contributed by atoms with van der Waals surface area (Å²) in [6.45, 7) is 0. The quantitative estimate of drug-likeness (QED) is 0.414. The summed E-state index contributed by atoms with van der Waals surface area (Å²) in [6, 6.07) is 23.9. The van der Waals surface area contributed by atoms with Crippen LogP contribution in [0.1, 0.15) is 15.9 Å². The van der Waals surface area contributed by atoms with E-state index in [0.717, 1.165) is 22.5 Å². The molecule has 0 unspecified atom stereocenters. The number of hydrogen-bond acceptors (Lipinski definition) is 3. The number of nitrogens with two attached hydrogens (primary N) is 1. The first-order valence-electron chi connectivity index (χ1n) is 9.80. The van der Waals surface area contributed by atoms with Gasteiger partial charge in [0.2, 0.25) is 11.8 Å². The molecule has 0 saturated carbocycles. The summed E-state index contributed by atoms with van der Waals surface area (Å²) in [7, 11) is 0. The van der Waals surface area contributed by atoms with Crippen molar-refractivity contribution < 1.29 is 9.59 Å². The number of aromatic nitrogens is 2. The number of halogens is 1. The summed E-state index contributed by atoms with van der Waals surface area (Å²) in [5, 5.41) is 7.70. The monoisotopic (exact) mass is 442 g/mol. The average Bonchev–Trinajstić information content (AvgIpc) is 3.24. The fraction of sp³-hybridized carbons (Fsp3) is 0. The largest absolute Gasteiger partial charge is 0.366 e. The molecule has 0 aliphatic carbocycles. The molecule has 0 radical (unpaired) electrons. The van der Waals surface area contributed by atoms with Gasteiger partial charge in [-0.1, -0.05) is 60.1 Å². The maximum absolute atomic E-state index is 12.5. The minimum absolute atomic E-state index is 0.254. The van der Waals surface area contributed by atoms with E-state index in [9.17, 15) is 9.59 Å². The Morgan fingerprint density at radius 1 is 0.969 bits per heavy atom. The smallest absolute Gasteiger partial charge is 0.248 e. The standard InChI is InChI=1S/C25H19ClN4O2/c26-21-13-11-18(25(27)32)15-22(21)28-23(31)14-12-19-16-30(20-9-5-2-6-10-20)29-24(19)17-7-3-1-4-8-17/h1-16H,(H2,27,32)(H,28,31). The topological polar surface area (TPSA) is 90.0 Å². The molecule has 158 valence electrons. The lowest BCUT2D eigenvalue weighted by Crippen LogP contribution is -2.13. The molecule has 0 bridgehead atoms. The van der Waals surface area contributed by atoms with E-state index in [1.54, 1.807) is 10.8 Å². The van der Waals surface area contributed by atoms with Crippen LogP contribution in [0, 0.1) is 0 Å². The molecule has 3 aromatic carbocycles. The van der Waals surface area contributed by atoms with Crippen molar-refractivity contribution in [3.05, 3.63) is 107 Å². The van der Waals surface area contributed by atoms with E-state index in [1.165, 1.54) is 24.3 Å². The second-order valence-electron chi connectivity index (χ2n) is 6.96. The summed E-state index contributed by atoms with van der Waals surface area (Å²) < 4.78 is 1.77. The van der Waals surface area contributed by atoms with E-state index >= 15 is 0 Å². The zero-order valence-corrected chi connectivity index (χ0v) is 17.7. The molecule has 0 aliphatic heterocycles. The van der Waals surface area contributed by atoms with Gasteiger partial charge in [0.25, 0.3) is 0 Å². The van der Waals surface area contributed by atoms with Gasteiger partial charge in [-0.25, -0.2) is 4.68 Å². The molecule has 2 amide bonds. The molecular weight excluding hydrogens is 424 g/mol. The Balaban J connectivity index is 1.63. The second kappa shape index (κ2) is 9.32. The molecule has 0 aliphatic rings. The van der Waals surface area contributed by atoms with Crippen LogP contribution in [0.3, 0.4) is 0 Å². The van der Waals surface area contributed by atoms with Crippen LogP contribution in [0.25, 0.3) is 23.0 Å². The minimum atomic E-state index is -0.603. The molecule has 7 heteroatoms. The number of carbonyl (C=O) groups excluding carboxylic acids is 2. The third kappa shape index (κ3) is 4.77. The first kappa shape index (κ1) is 21.1. The molecule has 4 rings (SSSR count). The SMILES string of the molecule is NC(=O)c1ccc(Cl)c(NC(=O)C=Cc2cn(-c3ccccc3)nc2-c2ccccc2)c1. The highest BCUT2D eigenvalue weighted by Crippen LogP contribution is 2.26. The van der Waals surface area contributed by atoms with Crippen LogP contribution in [-0.2, 0) is 4.79 Å². The Labute approximate surface area is 189 Å². The molecule has 1 heterocycles. The summed E-state index contributed by atoms with van der Waals surface area (Å²) >= 11 is 6.13. The normalized spacial score (nSPS) is 10.9. The Morgan fingerprint density at radius 2 is 1.66 bits per heavy atom. The molecule has 6 nitrogen and oxygen atoms in total. The minimum Gasteiger partial charge on any atom is -0.366 e. The highest BCUT2D eigenvalue weighted by atomic mass is 35.5. The maximum Gasteiger partial charge on any atom is 0.248 e. The highest BCUT2D eigenvalue weighted by molar-refractivity contribution is 6.34. The van der Waals surface area contributed by atoms with Crippen molar-refractivity contribution in [1.82, 2.24) is 9.78 Å². The maximum atomic E-state index is 12.5. The van der Waals surface area contributed by atoms with E-state index in [0.29, 0.717) is 10.7 Å².